The Morgan fingerprint density at radius 2 is 1.84 bits per heavy atom. The molecule has 1 heterocycles. The molecule has 1 aliphatic rings. The van der Waals surface area contributed by atoms with Gasteiger partial charge in [-0.25, -0.2) is 12.8 Å². The van der Waals surface area contributed by atoms with Crippen molar-refractivity contribution in [2.75, 3.05) is 25.4 Å². The summed E-state index contributed by atoms with van der Waals surface area (Å²) in [4.78, 5) is 14.4. The Kier molecular flexibility index (Phi) is 6.95. The second-order valence-corrected chi connectivity index (χ2v) is 9.01. The van der Waals surface area contributed by atoms with Gasteiger partial charge in [-0.1, -0.05) is 0 Å². The summed E-state index contributed by atoms with van der Waals surface area (Å²) in [5.41, 5.74) is 0. The van der Waals surface area contributed by atoms with Gasteiger partial charge in [-0.2, -0.15) is 0 Å². The fourth-order valence-corrected chi connectivity index (χ4v) is 4.35. The van der Waals surface area contributed by atoms with Crippen LogP contribution in [0.3, 0.4) is 0 Å². The number of piperidine rings is 1. The maximum Gasteiger partial charge on any atom is 0.223 e. The van der Waals surface area contributed by atoms with Crippen molar-refractivity contribution in [3.63, 3.8) is 0 Å². The van der Waals surface area contributed by atoms with E-state index < -0.39 is 15.7 Å². The number of likely N-dealkylation sites (tertiary alicyclic amines) is 1. The molecule has 5 nitrogen and oxygen atoms in total. The summed E-state index contributed by atoms with van der Waals surface area (Å²) in [6, 6.07) is 5.11. The van der Waals surface area contributed by atoms with E-state index in [1.807, 2.05) is 13.8 Å². The number of carbonyl (C=O) groups excluding carboxylic acids is 1. The fourth-order valence-electron chi connectivity index (χ4n) is 3.06. The van der Waals surface area contributed by atoms with Crippen molar-refractivity contribution in [1.82, 2.24) is 10.2 Å². The Hall–Kier alpha value is -1.47. The highest BCUT2D eigenvalue weighted by molar-refractivity contribution is 7.91. The molecular formula is C18H27FN2O3S. The van der Waals surface area contributed by atoms with E-state index >= 15 is 0 Å². The van der Waals surface area contributed by atoms with E-state index in [-0.39, 0.29) is 28.5 Å². The molecule has 0 bridgehead atoms. The highest BCUT2D eigenvalue weighted by atomic mass is 32.2. The van der Waals surface area contributed by atoms with Crippen LogP contribution in [0, 0.1) is 11.7 Å². The molecule has 1 amide bonds. The van der Waals surface area contributed by atoms with Crippen LogP contribution in [0.4, 0.5) is 4.39 Å². The van der Waals surface area contributed by atoms with Crippen LogP contribution in [0.15, 0.2) is 29.2 Å². The Morgan fingerprint density at radius 3 is 2.40 bits per heavy atom. The SMILES string of the molecule is CC(C)NC(=O)C1CCN(CCCS(=O)(=O)c2ccc(F)cc2)CC1. The van der Waals surface area contributed by atoms with E-state index in [0.29, 0.717) is 13.0 Å². The summed E-state index contributed by atoms with van der Waals surface area (Å²) in [5, 5.41) is 2.95. The number of nitrogens with one attached hydrogen (secondary N) is 1. The molecule has 0 aromatic heterocycles. The molecule has 25 heavy (non-hydrogen) atoms. The zero-order valence-electron chi connectivity index (χ0n) is 14.9. The lowest BCUT2D eigenvalue weighted by Gasteiger charge is -2.31. The van der Waals surface area contributed by atoms with Crippen molar-refractivity contribution in [2.24, 2.45) is 5.92 Å². The monoisotopic (exact) mass is 370 g/mol. The quantitative estimate of drug-likeness (QED) is 0.748. The first kappa shape index (κ1) is 19.8. The number of hydrogen-bond donors (Lipinski definition) is 1. The third-order valence-electron chi connectivity index (χ3n) is 4.45. The van der Waals surface area contributed by atoms with Crippen LogP contribution in [0.25, 0.3) is 0 Å². The second-order valence-electron chi connectivity index (χ2n) is 6.91. The third kappa shape index (κ3) is 6.08. The Labute approximate surface area is 149 Å². The summed E-state index contributed by atoms with van der Waals surface area (Å²) in [6.07, 6.45) is 2.15. The Bertz CT molecular complexity index is 666. The largest absolute Gasteiger partial charge is 0.354 e. The van der Waals surface area contributed by atoms with Gasteiger partial charge < -0.3 is 10.2 Å². The molecule has 0 unspecified atom stereocenters. The minimum Gasteiger partial charge on any atom is -0.354 e. The summed E-state index contributed by atoms with van der Waals surface area (Å²) in [6.45, 7) is 6.22. The van der Waals surface area contributed by atoms with Gasteiger partial charge in [-0.15, -0.1) is 0 Å². The molecule has 1 aliphatic heterocycles. The summed E-state index contributed by atoms with van der Waals surface area (Å²) >= 11 is 0. The highest BCUT2D eigenvalue weighted by Crippen LogP contribution is 2.18. The van der Waals surface area contributed by atoms with Crippen LogP contribution in [0.5, 0.6) is 0 Å². The van der Waals surface area contributed by atoms with Crippen molar-refractivity contribution in [3.05, 3.63) is 30.1 Å². The van der Waals surface area contributed by atoms with Gasteiger partial charge in [0.1, 0.15) is 5.82 Å². The number of rotatable bonds is 7. The Morgan fingerprint density at radius 1 is 1.24 bits per heavy atom. The molecule has 1 aromatic carbocycles. The average molecular weight is 370 g/mol. The van der Waals surface area contributed by atoms with Crippen molar-refractivity contribution < 1.29 is 17.6 Å². The maximum atomic E-state index is 12.9. The van der Waals surface area contributed by atoms with Crippen LogP contribution in [-0.2, 0) is 14.6 Å². The minimum absolute atomic E-state index is 0.0480. The van der Waals surface area contributed by atoms with Crippen molar-refractivity contribution in [1.29, 1.82) is 0 Å². The lowest BCUT2D eigenvalue weighted by Crippen LogP contribution is -2.42. The molecule has 0 spiro atoms. The summed E-state index contributed by atoms with van der Waals surface area (Å²) < 4.78 is 37.4. The van der Waals surface area contributed by atoms with Crippen LogP contribution in [0.1, 0.15) is 33.1 Å². The second kappa shape index (κ2) is 8.76. The predicted molar refractivity (Wildman–Crippen MR) is 95.5 cm³/mol. The topological polar surface area (TPSA) is 66.5 Å². The van der Waals surface area contributed by atoms with E-state index in [1.54, 1.807) is 0 Å². The summed E-state index contributed by atoms with van der Waals surface area (Å²) in [7, 11) is -3.37. The van der Waals surface area contributed by atoms with Crippen molar-refractivity contribution in [2.45, 2.75) is 44.0 Å². The van der Waals surface area contributed by atoms with Crippen LogP contribution in [0.2, 0.25) is 0 Å². The molecule has 0 radical (unpaired) electrons. The van der Waals surface area contributed by atoms with Gasteiger partial charge >= 0.3 is 0 Å². The zero-order chi connectivity index (χ0) is 18.4. The first-order valence-electron chi connectivity index (χ1n) is 8.79. The van der Waals surface area contributed by atoms with Gasteiger partial charge in [0, 0.05) is 12.0 Å². The van der Waals surface area contributed by atoms with E-state index in [0.717, 1.165) is 25.9 Å². The zero-order valence-corrected chi connectivity index (χ0v) is 15.7. The molecule has 1 N–H and O–H groups in total. The number of amides is 1. The molecule has 0 aliphatic carbocycles. The van der Waals surface area contributed by atoms with Crippen LogP contribution in [-0.4, -0.2) is 50.7 Å². The van der Waals surface area contributed by atoms with E-state index in [2.05, 4.69) is 10.2 Å². The number of carbonyl (C=O) groups is 1. The molecule has 0 atom stereocenters. The van der Waals surface area contributed by atoms with Crippen LogP contribution >= 0.6 is 0 Å². The normalized spacial score (nSPS) is 17.0. The number of hydrogen-bond acceptors (Lipinski definition) is 4. The van der Waals surface area contributed by atoms with E-state index in [1.165, 1.54) is 24.3 Å². The Balaban J connectivity index is 1.74. The molecule has 7 heteroatoms. The number of nitrogens with zero attached hydrogens (tertiary/aromatic N) is 1. The van der Waals surface area contributed by atoms with Crippen molar-refractivity contribution >= 4 is 15.7 Å². The predicted octanol–water partition coefficient (Wildman–Crippen LogP) is 2.23. The van der Waals surface area contributed by atoms with Gasteiger partial charge in [0.05, 0.1) is 10.6 Å². The average Bonchev–Trinajstić information content (AvgIpc) is 2.55. The molecule has 1 fully saturated rings. The molecule has 140 valence electrons. The van der Waals surface area contributed by atoms with Gasteiger partial charge in [0.15, 0.2) is 9.84 Å². The highest BCUT2D eigenvalue weighted by Gasteiger charge is 2.25. The van der Waals surface area contributed by atoms with Gasteiger partial charge in [0.25, 0.3) is 0 Å². The fraction of sp³-hybridized carbons (Fsp3) is 0.611. The lowest BCUT2D eigenvalue weighted by atomic mass is 9.95. The van der Waals surface area contributed by atoms with Crippen LogP contribution < -0.4 is 5.32 Å². The van der Waals surface area contributed by atoms with Gasteiger partial charge in [-0.3, -0.25) is 4.79 Å². The van der Waals surface area contributed by atoms with Gasteiger partial charge in [-0.05, 0) is 77.0 Å². The van der Waals surface area contributed by atoms with E-state index in [4.69, 9.17) is 0 Å². The maximum absolute atomic E-state index is 12.9. The molecule has 0 saturated carbocycles. The number of sulfone groups is 1. The first-order chi connectivity index (χ1) is 11.8. The molecule has 2 rings (SSSR count). The molecular weight excluding hydrogens is 343 g/mol. The standard InChI is InChI=1S/C18H27FN2O3S/c1-14(2)20-18(22)15-8-11-21(12-9-15)10-3-13-25(23,24)17-6-4-16(19)5-7-17/h4-7,14-15H,3,8-13H2,1-2H3,(H,20,22). The minimum atomic E-state index is -3.37. The molecule has 1 saturated heterocycles. The lowest BCUT2D eigenvalue weighted by molar-refractivity contribution is -0.126. The first-order valence-corrected chi connectivity index (χ1v) is 10.4. The third-order valence-corrected chi connectivity index (χ3v) is 6.27. The van der Waals surface area contributed by atoms with E-state index in [9.17, 15) is 17.6 Å². The van der Waals surface area contributed by atoms with Gasteiger partial charge in [0.2, 0.25) is 5.91 Å². The number of benzene rings is 1. The van der Waals surface area contributed by atoms with Crippen molar-refractivity contribution in [3.8, 4) is 0 Å². The molecule has 1 aromatic rings. The summed E-state index contributed by atoms with van der Waals surface area (Å²) in [5.74, 6) is -0.217. The number of halogens is 1. The smallest absolute Gasteiger partial charge is 0.223 e.